The van der Waals surface area contributed by atoms with E-state index >= 15 is 0 Å². The molecule has 1 aliphatic heterocycles. The highest BCUT2D eigenvalue weighted by Gasteiger charge is 2.36. The molecule has 0 aliphatic carbocycles. The highest BCUT2D eigenvalue weighted by atomic mass is 79.9. The molecule has 29 heavy (non-hydrogen) atoms. The van der Waals surface area contributed by atoms with Crippen LogP contribution < -0.4 is 5.63 Å². The third-order valence-electron chi connectivity index (χ3n) is 5.02. The fourth-order valence-electron chi connectivity index (χ4n) is 3.59. The number of rotatable bonds is 4. The molecule has 0 bridgehead atoms. The summed E-state index contributed by atoms with van der Waals surface area (Å²) in [4.78, 5) is 27.3. The molecule has 2 heterocycles. The van der Waals surface area contributed by atoms with Crippen molar-refractivity contribution in [2.45, 2.75) is 19.0 Å². The van der Waals surface area contributed by atoms with E-state index < -0.39 is 27.4 Å². The fourth-order valence-corrected chi connectivity index (χ4v) is 5.76. The van der Waals surface area contributed by atoms with Crippen LogP contribution in [0.25, 0.3) is 11.0 Å². The highest BCUT2D eigenvalue weighted by Crippen LogP contribution is 2.24. The van der Waals surface area contributed by atoms with Crippen molar-refractivity contribution >= 4 is 42.6 Å². The summed E-state index contributed by atoms with van der Waals surface area (Å²) >= 11 is 3.41. The van der Waals surface area contributed by atoms with Gasteiger partial charge in [-0.2, -0.15) is 0 Å². The maximum Gasteiger partial charge on any atom is 0.349 e. The van der Waals surface area contributed by atoms with Crippen LogP contribution in [0.1, 0.15) is 22.3 Å². The molecule has 0 radical (unpaired) electrons. The largest absolute Gasteiger partial charge is 0.422 e. The average Bonchev–Trinajstić information content (AvgIpc) is 3.04. The Bertz CT molecular complexity index is 1250. The maximum atomic E-state index is 13.4. The third kappa shape index (κ3) is 4.28. The molecule has 8 heteroatoms. The van der Waals surface area contributed by atoms with Crippen LogP contribution in [0.4, 0.5) is 0 Å². The van der Waals surface area contributed by atoms with Crippen molar-refractivity contribution in [1.29, 1.82) is 0 Å². The van der Waals surface area contributed by atoms with Crippen molar-refractivity contribution < 1.29 is 17.6 Å². The SMILES string of the molecule is O=C(c1cc2ccccc2oc1=O)N(Cc1cccc(Br)c1)[C@H]1CCS(=O)(=O)C1. The summed E-state index contributed by atoms with van der Waals surface area (Å²) in [5.74, 6) is -0.593. The predicted octanol–water partition coefficient (Wildman–Crippen LogP) is 3.39. The molecule has 1 saturated heterocycles. The lowest BCUT2D eigenvalue weighted by molar-refractivity contribution is 0.0676. The average molecular weight is 476 g/mol. The van der Waals surface area contributed by atoms with E-state index in [0.717, 1.165) is 10.0 Å². The molecule has 1 fully saturated rings. The van der Waals surface area contributed by atoms with Crippen LogP contribution in [0.3, 0.4) is 0 Å². The number of nitrogens with zero attached hydrogens (tertiary/aromatic N) is 1. The zero-order valence-electron chi connectivity index (χ0n) is 15.4. The van der Waals surface area contributed by atoms with E-state index in [1.807, 2.05) is 24.3 Å². The second-order valence-electron chi connectivity index (χ2n) is 7.11. The molecule has 3 aromatic rings. The van der Waals surface area contributed by atoms with Crippen molar-refractivity contribution in [3.63, 3.8) is 0 Å². The number of carbonyl (C=O) groups is 1. The molecule has 150 valence electrons. The Morgan fingerprint density at radius 1 is 1.14 bits per heavy atom. The Kier molecular flexibility index (Phi) is 5.31. The summed E-state index contributed by atoms with van der Waals surface area (Å²) < 4.78 is 30.2. The van der Waals surface area contributed by atoms with Crippen LogP contribution in [-0.2, 0) is 16.4 Å². The van der Waals surface area contributed by atoms with Gasteiger partial charge in [0.05, 0.1) is 11.5 Å². The lowest BCUT2D eigenvalue weighted by Crippen LogP contribution is -2.42. The Morgan fingerprint density at radius 3 is 2.66 bits per heavy atom. The van der Waals surface area contributed by atoms with Crippen LogP contribution in [0, 0.1) is 0 Å². The van der Waals surface area contributed by atoms with Gasteiger partial charge in [-0.25, -0.2) is 13.2 Å². The summed E-state index contributed by atoms with van der Waals surface area (Å²) in [6, 6.07) is 15.4. The number of carbonyl (C=O) groups excluding carboxylic acids is 1. The summed E-state index contributed by atoms with van der Waals surface area (Å²) in [7, 11) is -3.21. The lowest BCUT2D eigenvalue weighted by atomic mass is 10.1. The first-order chi connectivity index (χ1) is 13.8. The molecule has 0 saturated carbocycles. The van der Waals surface area contributed by atoms with Gasteiger partial charge in [0, 0.05) is 22.4 Å². The van der Waals surface area contributed by atoms with E-state index in [1.54, 1.807) is 24.3 Å². The molecule has 1 atom stereocenters. The zero-order valence-corrected chi connectivity index (χ0v) is 17.8. The van der Waals surface area contributed by atoms with Crippen molar-refractivity contribution in [2.24, 2.45) is 0 Å². The summed E-state index contributed by atoms with van der Waals surface area (Å²) in [6.07, 6.45) is 0.348. The van der Waals surface area contributed by atoms with E-state index in [0.29, 0.717) is 17.4 Å². The Hall–Kier alpha value is -2.45. The van der Waals surface area contributed by atoms with Crippen LogP contribution >= 0.6 is 15.9 Å². The van der Waals surface area contributed by atoms with Gasteiger partial charge in [-0.05, 0) is 36.2 Å². The molecule has 2 aromatic carbocycles. The maximum absolute atomic E-state index is 13.4. The van der Waals surface area contributed by atoms with E-state index in [9.17, 15) is 18.0 Å². The number of amides is 1. The smallest absolute Gasteiger partial charge is 0.349 e. The number of fused-ring (bicyclic) bond motifs is 1. The van der Waals surface area contributed by atoms with E-state index in [1.165, 1.54) is 11.0 Å². The van der Waals surface area contributed by atoms with Crippen LogP contribution in [0.15, 0.2) is 68.3 Å². The van der Waals surface area contributed by atoms with Gasteiger partial charge in [0.15, 0.2) is 9.84 Å². The number of para-hydroxylation sites is 1. The third-order valence-corrected chi connectivity index (χ3v) is 7.27. The zero-order chi connectivity index (χ0) is 20.6. The number of sulfone groups is 1. The van der Waals surface area contributed by atoms with Crippen molar-refractivity contribution in [1.82, 2.24) is 4.90 Å². The summed E-state index contributed by atoms with van der Waals surface area (Å²) in [5, 5.41) is 0.636. The van der Waals surface area contributed by atoms with Gasteiger partial charge in [0.2, 0.25) is 0 Å². The van der Waals surface area contributed by atoms with Crippen LogP contribution in [-0.4, -0.2) is 36.8 Å². The van der Waals surface area contributed by atoms with Crippen LogP contribution in [0.5, 0.6) is 0 Å². The Labute approximate surface area is 176 Å². The second-order valence-corrected chi connectivity index (χ2v) is 10.2. The van der Waals surface area contributed by atoms with Gasteiger partial charge in [-0.3, -0.25) is 4.79 Å². The first-order valence-corrected chi connectivity index (χ1v) is 11.7. The minimum absolute atomic E-state index is 0.0340. The first kappa shape index (κ1) is 19.8. The fraction of sp³-hybridized carbons (Fsp3) is 0.238. The van der Waals surface area contributed by atoms with Crippen molar-refractivity contribution in [3.8, 4) is 0 Å². The molecule has 1 aromatic heterocycles. The van der Waals surface area contributed by atoms with Gasteiger partial charge >= 0.3 is 5.63 Å². The molecule has 0 unspecified atom stereocenters. The second kappa shape index (κ2) is 7.76. The van der Waals surface area contributed by atoms with E-state index in [2.05, 4.69) is 15.9 Å². The predicted molar refractivity (Wildman–Crippen MR) is 114 cm³/mol. The highest BCUT2D eigenvalue weighted by molar-refractivity contribution is 9.10. The Balaban J connectivity index is 1.75. The number of hydrogen-bond acceptors (Lipinski definition) is 5. The van der Waals surface area contributed by atoms with Gasteiger partial charge < -0.3 is 9.32 Å². The van der Waals surface area contributed by atoms with E-state index in [-0.39, 0.29) is 23.6 Å². The number of hydrogen-bond donors (Lipinski definition) is 0. The van der Waals surface area contributed by atoms with Gasteiger partial charge in [-0.1, -0.05) is 46.3 Å². The first-order valence-electron chi connectivity index (χ1n) is 9.11. The minimum Gasteiger partial charge on any atom is -0.422 e. The van der Waals surface area contributed by atoms with Crippen molar-refractivity contribution in [3.05, 3.63) is 80.6 Å². The number of benzene rings is 2. The van der Waals surface area contributed by atoms with Gasteiger partial charge in [0.1, 0.15) is 11.1 Å². The molecule has 0 spiro atoms. The Morgan fingerprint density at radius 2 is 1.93 bits per heavy atom. The normalized spacial score (nSPS) is 18.0. The van der Waals surface area contributed by atoms with Gasteiger partial charge in [0.25, 0.3) is 5.91 Å². The topological polar surface area (TPSA) is 84.7 Å². The summed E-state index contributed by atoms with van der Waals surface area (Å²) in [6.45, 7) is 0.199. The molecule has 4 rings (SSSR count). The molecule has 1 amide bonds. The quantitative estimate of drug-likeness (QED) is 0.539. The molecular formula is C21H18BrNO5S. The summed E-state index contributed by atoms with van der Waals surface area (Å²) in [5.41, 5.74) is 0.412. The standard InChI is InChI=1S/C21H18BrNO5S/c22-16-6-3-4-14(10-16)12-23(17-8-9-29(26,27)13-17)20(24)18-11-15-5-1-2-7-19(15)28-21(18)25/h1-7,10-11,17H,8-9,12-13H2/t17-/m0/s1. The van der Waals surface area contributed by atoms with E-state index in [4.69, 9.17) is 4.42 Å². The van der Waals surface area contributed by atoms with Crippen LogP contribution in [0.2, 0.25) is 0 Å². The lowest BCUT2D eigenvalue weighted by Gasteiger charge is -2.28. The molecule has 1 aliphatic rings. The van der Waals surface area contributed by atoms with Crippen molar-refractivity contribution in [2.75, 3.05) is 11.5 Å². The minimum atomic E-state index is -3.21. The molecule has 0 N–H and O–H groups in total. The molecular weight excluding hydrogens is 458 g/mol. The molecule has 6 nitrogen and oxygen atoms in total. The van der Waals surface area contributed by atoms with Gasteiger partial charge in [-0.15, -0.1) is 0 Å². The number of halogens is 1. The monoisotopic (exact) mass is 475 g/mol.